The topological polar surface area (TPSA) is 126 Å². The number of nitro groups is 1. The molecule has 0 unspecified atom stereocenters. The number of carbonyl (C=O) groups is 2. The molecule has 1 N–H and O–H groups in total. The summed E-state index contributed by atoms with van der Waals surface area (Å²) in [6, 6.07) is 11.1. The summed E-state index contributed by atoms with van der Waals surface area (Å²) >= 11 is 0. The first-order valence-corrected chi connectivity index (χ1v) is 8.53. The molecule has 3 rings (SSSR count). The number of halogens is 1. The number of ether oxygens (including phenoxy) is 1. The van der Waals surface area contributed by atoms with Crippen molar-refractivity contribution >= 4 is 23.2 Å². The Labute approximate surface area is 164 Å². The van der Waals surface area contributed by atoms with Gasteiger partial charge in [0.2, 0.25) is 5.91 Å². The average Bonchev–Trinajstić information content (AvgIpc) is 2.66. The van der Waals surface area contributed by atoms with E-state index < -0.39 is 22.6 Å². The molecule has 1 fully saturated rings. The van der Waals surface area contributed by atoms with Crippen LogP contribution < -0.4 is 10.1 Å². The molecule has 0 aliphatic carbocycles. The molecule has 0 radical (unpaired) electrons. The summed E-state index contributed by atoms with van der Waals surface area (Å²) in [5.74, 6) is -1.88. The van der Waals surface area contributed by atoms with Gasteiger partial charge in [-0.1, -0.05) is 12.1 Å². The van der Waals surface area contributed by atoms with Crippen LogP contribution in [0, 0.1) is 33.2 Å². The second kappa shape index (κ2) is 8.35. The number of rotatable bonds is 6. The van der Waals surface area contributed by atoms with Crippen molar-refractivity contribution in [1.29, 1.82) is 5.26 Å². The molecular weight excluding hydrogens is 383 g/mol. The zero-order valence-electron chi connectivity index (χ0n) is 15.0. The lowest BCUT2D eigenvalue weighted by molar-refractivity contribution is -0.384. The monoisotopic (exact) mass is 398 g/mol. The van der Waals surface area contributed by atoms with Crippen LogP contribution in [0.5, 0.6) is 5.75 Å². The van der Waals surface area contributed by atoms with E-state index in [4.69, 9.17) is 10.00 Å². The molecule has 1 saturated heterocycles. The molecule has 2 amide bonds. The Balaban J connectivity index is 1.51. The number of hydrogen-bond acceptors (Lipinski definition) is 6. The summed E-state index contributed by atoms with van der Waals surface area (Å²) < 4.78 is 18.6. The number of nitro benzene ring substituents is 1. The van der Waals surface area contributed by atoms with Crippen LogP contribution in [0.1, 0.15) is 5.56 Å². The number of hydrogen-bond donors (Lipinski definition) is 1. The molecule has 148 valence electrons. The minimum Gasteiger partial charge on any atom is -0.481 e. The van der Waals surface area contributed by atoms with Crippen molar-refractivity contribution in [3.05, 3.63) is 64.0 Å². The van der Waals surface area contributed by atoms with E-state index in [-0.39, 0.29) is 48.3 Å². The van der Waals surface area contributed by atoms with E-state index in [0.717, 1.165) is 6.07 Å². The predicted molar refractivity (Wildman–Crippen MR) is 98.4 cm³/mol. The molecule has 2 aromatic rings. The maximum atomic E-state index is 13.5. The van der Waals surface area contributed by atoms with Gasteiger partial charge in [0.1, 0.15) is 6.07 Å². The first-order chi connectivity index (χ1) is 13.9. The Morgan fingerprint density at radius 1 is 1.31 bits per heavy atom. The SMILES string of the molecule is N#Cc1cc([N+](=O)[O-])ccc1NC(=O)C1CN(C(=O)COc2ccccc2F)C1. The zero-order chi connectivity index (χ0) is 21.0. The van der Waals surface area contributed by atoms with Crippen LogP contribution in [-0.4, -0.2) is 41.3 Å². The molecule has 10 heteroatoms. The van der Waals surface area contributed by atoms with Gasteiger partial charge in [0.15, 0.2) is 18.2 Å². The summed E-state index contributed by atoms with van der Waals surface area (Å²) in [6.45, 7) is -0.0451. The summed E-state index contributed by atoms with van der Waals surface area (Å²) in [7, 11) is 0. The third-order valence-electron chi connectivity index (χ3n) is 4.39. The van der Waals surface area contributed by atoms with Crippen molar-refractivity contribution in [2.45, 2.75) is 0 Å². The zero-order valence-corrected chi connectivity index (χ0v) is 15.0. The number of para-hydroxylation sites is 1. The molecule has 1 heterocycles. The molecule has 0 atom stereocenters. The largest absolute Gasteiger partial charge is 0.481 e. The van der Waals surface area contributed by atoms with E-state index in [1.807, 2.05) is 0 Å². The molecule has 0 bridgehead atoms. The maximum Gasteiger partial charge on any atom is 0.270 e. The van der Waals surface area contributed by atoms with Gasteiger partial charge in [-0.15, -0.1) is 0 Å². The van der Waals surface area contributed by atoms with Gasteiger partial charge in [0.05, 0.1) is 22.1 Å². The van der Waals surface area contributed by atoms with Crippen LogP contribution in [0.25, 0.3) is 0 Å². The van der Waals surface area contributed by atoms with E-state index in [9.17, 15) is 24.1 Å². The number of non-ortho nitro benzene ring substituents is 1. The summed E-state index contributed by atoms with van der Waals surface area (Å²) in [4.78, 5) is 35.9. The molecule has 2 aromatic carbocycles. The fourth-order valence-electron chi connectivity index (χ4n) is 2.72. The first kappa shape index (κ1) is 19.8. The fourth-order valence-corrected chi connectivity index (χ4v) is 2.72. The van der Waals surface area contributed by atoms with Gasteiger partial charge in [-0.25, -0.2) is 4.39 Å². The van der Waals surface area contributed by atoms with Gasteiger partial charge >= 0.3 is 0 Å². The van der Waals surface area contributed by atoms with Gasteiger partial charge in [0, 0.05) is 25.2 Å². The number of anilines is 1. The minimum absolute atomic E-state index is 0.0295. The van der Waals surface area contributed by atoms with Crippen molar-refractivity contribution < 1.29 is 23.6 Å². The van der Waals surface area contributed by atoms with Gasteiger partial charge in [0.25, 0.3) is 11.6 Å². The number of benzene rings is 2. The Kier molecular flexibility index (Phi) is 5.69. The average molecular weight is 398 g/mol. The number of nitriles is 1. The Morgan fingerprint density at radius 2 is 2.03 bits per heavy atom. The second-order valence-electron chi connectivity index (χ2n) is 6.30. The quantitative estimate of drug-likeness (QED) is 0.587. The lowest BCUT2D eigenvalue weighted by Gasteiger charge is -2.38. The van der Waals surface area contributed by atoms with E-state index in [2.05, 4.69) is 5.32 Å². The van der Waals surface area contributed by atoms with Crippen LogP contribution in [0.2, 0.25) is 0 Å². The van der Waals surface area contributed by atoms with Crippen molar-refractivity contribution in [3.8, 4) is 11.8 Å². The van der Waals surface area contributed by atoms with E-state index >= 15 is 0 Å². The number of amides is 2. The summed E-state index contributed by atoms with van der Waals surface area (Å²) in [5.41, 5.74) is -0.122. The number of nitrogens with zero attached hydrogens (tertiary/aromatic N) is 3. The first-order valence-electron chi connectivity index (χ1n) is 8.53. The van der Waals surface area contributed by atoms with Gasteiger partial charge in [-0.3, -0.25) is 19.7 Å². The van der Waals surface area contributed by atoms with Crippen molar-refractivity contribution in [2.75, 3.05) is 25.0 Å². The smallest absolute Gasteiger partial charge is 0.270 e. The van der Waals surface area contributed by atoms with E-state index in [1.54, 1.807) is 12.1 Å². The minimum atomic E-state index is -0.634. The molecule has 0 spiro atoms. The Morgan fingerprint density at radius 3 is 2.69 bits per heavy atom. The molecule has 1 aliphatic rings. The van der Waals surface area contributed by atoms with Gasteiger partial charge in [-0.05, 0) is 18.2 Å². The van der Waals surface area contributed by atoms with Gasteiger partial charge < -0.3 is 15.0 Å². The van der Waals surface area contributed by atoms with Crippen LogP contribution >= 0.6 is 0 Å². The van der Waals surface area contributed by atoms with E-state index in [1.165, 1.54) is 35.2 Å². The molecule has 9 nitrogen and oxygen atoms in total. The third kappa shape index (κ3) is 4.47. The van der Waals surface area contributed by atoms with Gasteiger partial charge in [-0.2, -0.15) is 5.26 Å². The number of nitrogens with one attached hydrogen (secondary N) is 1. The molecule has 0 aromatic heterocycles. The summed E-state index contributed by atoms with van der Waals surface area (Å²) in [6.07, 6.45) is 0. The van der Waals surface area contributed by atoms with Crippen molar-refractivity contribution in [2.24, 2.45) is 5.92 Å². The standard InChI is InChI=1S/C19H15FN4O5/c20-15-3-1-2-4-17(15)29-11-18(25)23-9-13(10-23)19(26)22-16-6-5-14(24(27)28)7-12(16)8-21/h1-7,13H,9-11H2,(H,22,26). The Bertz CT molecular complexity index is 1010. The van der Waals surface area contributed by atoms with Crippen molar-refractivity contribution in [3.63, 3.8) is 0 Å². The second-order valence-corrected chi connectivity index (χ2v) is 6.30. The highest BCUT2D eigenvalue weighted by molar-refractivity contribution is 5.96. The Hall–Kier alpha value is -4.00. The van der Waals surface area contributed by atoms with Crippen molar-refractivity contribution in [1.82, 2.24) is 4.90 Å². The predicted octanol–water partition coefficient (Wildman–Crippen LogP) is 2.08. The third-order valence-corrected chi connectivity index (χ3v) is 4.39. The summed E-state index contributed by atoms with van der Waals surface area (Å²) in [5, 5.41) is 22.4. The maximum absolute atomic E-state index is 13.5. The number of likely N-dealkylation sites (tertiary alicyclic amines) is 1. The lowest BCUT2D eigenvalue weighted by Crippen LogP contribution is -2.55. The molecule has 1 aliphatic heterocycles. The molecule has 29 heavy (non-hydrogen) atoms. The highest BCUT2D eigenvalue weighted by Gasteiger charge is 2.36. The fraction of sp³-hybridized carbons (Fsp3) is 0.211. The highest BCUT2D eigenvalue weighted by Crippen LogP contribution is 2.24. The lowest BCUT2D eigenvalue weighted by atomic mass is 9.98. The van der Waals surface area contributed by atoms with Crippen LogP contribution in [0.3, 0.4) is 0 Å². The molecule has 0 saturated carbocycles. The normalized spacial score (nSPS) is 13.2. The van der Waals surface area contributed by atoms with Crippen LogP contribution in [0.4, 0.5) is 15.8 Å². The van der Waals surface area contributed by atoms with E-state index in [0.29, 0.717) is 0 Å². The highest BCUT2D eigenvalue weighted by atomic mass is 19.1. The van der Waals surface area contributed by atoms with Crippen LogP contribution in [-0.2, 0) is 9.59 Å². The van der Waals surface area contributed by atoms with Crippen LogP contribution in [0.15, 0.2) is 42.5 Å². The molecular formula is C19H15FN4O5. The number of carbonyl (C=O) groups excluding carboxylic acids is 2.